The number of nitrogens with zero attached hydrogens (tertiary/aromatic N) is 2. The van der Waals surface area contributed by atoms with Crippen molar-refractivity contribution in [3.63, 3.8) is 0 Å². The highest BCUT2D eigenvalue weighted by Gasteiger charge is 2.01. The minimum Gasteiger partial charge on any atom is -0.298 e. The number of hydrogen-bond acceptors (Lipinski definition) is 3. The fourth-order valence-corrected chi connectivity index (χ4v) is 1.86. The van der Waals surface area contributed by atoms with Crippen LogP contribution in [0.4, 0.5) is 5.69 Å². The van der Waals surface area contributed by atoms with Crippen LogP contribution in [0.5, 0.6) is 0 Å². The molecule has 0 spiro atoms. The Morgan fingerprint density at radius 3 is 2.89 bits per heavy atom. The van der Waals surface area contributed by atoms with Crippen molar-refractivity contribution in [2.45, 2.75) is 0 Å². The molecule has 0 aliphatic carbocycles. The monoisotopic (exact) mass is 237 g/mol. The van der Waals surface area contributed by atoms with Crippen LogP contribution in [0.15, 0.2) is 54.7 Å². The van der Waals surface area contributed by atoms with Crippen LogP contribution < -0.4 is 5.43 Å². The average molecular weight is 237 g/mol. The standard InChI is InChI=1S/C14H11N3O/c18-10-11-4-3-6-13(8-11)16-17-14-7-2-1-5-12(14)9-15-17/h1-10,16H. The summed E-state index contributed by atoms with van der Waals surface area (Å²) in [6.07, 6.45) is 2.62. The second kappa shape index (κ2) is 4.33. The normalized spacial score (nSPS) is 10.4. The molecule has 0 saturated heterocycles. The van der Waals surface area contributed by atoms with Crippen LogP contribution in [-0.2, 0) is 0 Å². The minimum absolute atomic E-state index is 0.636. The van der Waals surface area contributed by atoms with E-state index in [0.29, 0.717) is 5.56 Å². The molecule has 0 amide bonds. The van der Waals surface area contributed by atoms with E-state index < -0.39 is 0 Å². The summed E-state index contributed by atoms with van der Waals surface area (Å²) in [7, 11) is 0. The predicted molar refractivity (Wildman–Crippen MR) is 70.6 cm³/mol. The lowest BCUT2D eigenvalue weighted by Crippen LogP contribution is -2.10. The Hall–Kier alpha value is -2.62. The van der Waals surface area contributed by atoms with Crippen LogP contribution in [0.3, 0.4) is 0 Å². The number of rotatable bonds is 3. The Bertz CT molecular complexity index is 703. The van der Waals surface area contributed by atoms with Gasteiger partial charge in [-0.1, -0.05) is 30.3 Å². The number of nitrogens with one attached hydrogen (secondary N) is 1. The third-order valence-corrected chi connectivity index (χ3v) is 2.73. The first-order valence-corrected chi connectivity index (χ1v) is 5.62. The molecule has 2 aromatic carbocycles. The Labute approximate surface area is 104 Å². The van der Waals surface area contributed by atoms with Crippen molar-refractivity contribution in [2.75, 3.05) is 5.43 Å². The Balaban J connectivity index is 1.98. The van der Waals surface area contributed by atoms with E-state index in [2.05, 4.69) is 10.5 Å². The largest absolute Gasteiger partial charge is 0.298 e. The van der Waals surface area contributed by atoms with E-state index in [0.717, 1.165) is 22.9 Å². The van der Waals surface area contributed by atoms with Crippen molar-refractivity contribution in [3.05, 3.63) is 60.3 Å². The zero-order valence-corrected chi connectivity index (χ0v) is 9.58. The first-order chi connectivity index (χ1) is 8.86. The lowest BCUT2D eigenvalue weighted by Gasteiger charge is -2.07. The van der Waals surface area contributed by atoms with Crippen LogP contribution in [-0.4, -0.2) is 16.2 Å². The van der Waals surface area contributed by atoms with Gasteiger partial charge in [-0.05, 0) is 18.2 Å². The summed E-state index contributed by atoms with van der Waals surface area (Å²) in [5, 5.41) is 5.33. The molecule has 0 atom stereocenters. The van der Waals surface area contributed by atoms with Crippen LogP contribution in [0, 0.1) is 0 Å². The molecule has 0 aliphatic rings. The van der Waals surface area contributed by atoms with E-state index in [1.165, 1.54) is 0 Å². The zero-order valence-electron chi connectivity index (χ0n) is 9.58. The highest BCUT2D eigenvalue weighted by Crippen LogP contribution is 2.15. The van der Waals surface area contributed by atoms with Crippen LogP contribution in [0.2, 0.25) is 0 Å². The van der Waals surface area contributed by atoms with Gasteiger partial charge in [-0.15, -0.1) is 0 Å². The van der Waals surface area contributed by atoms with Gasteiger partial charge in [0.15, 0.2) is 0 Å². The molecule has 88 valence electrons. The number of carbonyl (C=O) groups is 1. The van der Waals surface area contributed by atoms with Gasteiger partial charge in [0.1, 0.15) is 6.29 Å². The van der Waals surface area contributed by atoms with Gasteiger partial charge in [-0.2, -0.15) is 9.89 Å². The SMILES string of the molecule is O=Cc1cccc(Nn2ncc3ccccc32)c1. The fraction of sp³-hybridized carbons (Fsp3) is 0. The van der Waals surface area contributed by atoms with E-state index in [1.54, 1.807) is 23.1 Å². The first kappa shape index (κ1) is 10.5. The van der Waals surface area contributed by atoms with Crippen molar-refractivity contribution >= 4 is 22.9 Å². The quantitative estimate of drug-likeness (QED) is 0.712. The van der Waals surface area contributed by atoms with Crippen LogP contribution in [0.1, 0.15) is 10.4 Å². The van der Waals surface area contributed by atoms with E-state index in [1.807, 2.05) is 36.4 Å². The van der Waals surface area contributed by atoms with Gasteiger partial charge >= 0.3 is 0 Å². The maximum absolute atomic E-state index is 10.7. The first-order valence-electron chi connectivity index (χ1n) is 5.62. The molecule has 3 aromatic rings. The number of aldehydes is 1. The molecule has 0 saturated carbocycles. The summed E-state index contributed by atoms with van der Waals surface area (Å²) < 4.78 is 0. The highest BCUT2D eigenvalue weighted by molar-refractivity contribution is 5.80. The molecule has 1 aromatic heterocycles. The summed E-state index contributed by atoms with van der Waals surface area (Å²) in [4.78, 5) is 12.4. The summed E-state index contributed by atoms with van der Waals surface area (Å²) in [5.41, 5.74) is 5.61. The summed E-state index contributed by atoms with van der Waals surface area (Å²) in [5.74, 6) is 0. The van der Waals surface area contributed by atoms with E-state index >= 15 is 0 Å². The van der Waals surface area contributed by atoms with Gasteiger partial charge in [-0.25, -0.2) is 0 Å². The number of anilines is 1. The Morgan fingerprint density at radius 2 is 2.00 bits per heavy atom. The molecular formula is C14H11N3O. The molecule has 0 radical (unpaired) electrons. The number of benzene rings is 2. The van der Waals surface area contributed by atoms with Crippen molar-refractivity contribution in [1.29, 1.82) is 0 Å². The molecule has 1 N–H and O–H groups in total. The lowest BCUT2D eigenvalue weighted by atomic mass is 10.2. The smallest absolute Gasteiger partial charge is 0.150 e. The van der Waals surface area contributed by atoms with E-state index in [9.17, 15) is 4.79 Å². The lowest BCUT2D eigenvalue weighted by molar-refractivity contribution is 0.112. The third kappa shape index (κ3) is 1.84. The average Bonchev–Trinajstić information content (AvgIpc) is 2.83. The maximum Gasteiger partial charge on any atom is 0.150 e. The van der Waals surface area contributed by atoms with Gasteiger partial charge in [0.05, 0.1) is 17.4 Å². The third-order valence-electron chi connectivity index (χ3n) is 2.73. The maximum atomic E-state index is 10.7. The Morgan fingerprint density at radius 1 is 1.11 bits per heavy atom. The Kier molecular flexibility index (Phi) is 2.53. The van der Waals surface area contributed by atoms with Gasteiger partial charge in [-0.3, -0.25) is 10.2 Å². The topological polar surface area (TPSA) is 46.9 Å². The molecule has 0 fully saturated rings. The van der Waals surface area contributed by atoms with Gasteiger partial charge in [0.2, 0.25) is 0 Å². The number of carbonyl (C=O) groups excluding carboxylic acids is 1. The van der Waals surface area contributed by atoms with Crippen molar-refractivity contribution < 1.29 is 4.79 Å². The molecular weight excluding hydrogens is 226 g/mol. The molecule has 0 bridgehead atoms. The van der Waals surface area contributed by atoms with Crippen molar-refractivity contribution in [1.82, 2.24) is 9.89 Å². The fourth-order valence-electron chi connectivity index (χ4n) is 1.86. The molecule has 1 heterocycles. The number of hydrogen-bond donors (Lipinski definition) is 1. The van der Waals surface area contributed by atoms with Crippen molar-refractivity contribution in [2.24, 2.45) is 0 Å². The molecule has 4 nitrogen and oxygen atoms in total. The zero-order chi connectivity index (χ0) is 12.4. The van der Waals surface area contributed by atoms with Crippen LogP contribution in [0.25, 0.3) is 10.9 Å². The summed E-state index contributed by atoms with van der Waals surface area (Å²) >= 11 is 0. The van der Waals surface area contributed by atoms with Crippen molar-refractivity contribution in [3.8, 4) is 0 Å². The summed E-state index contributed by atoms with van der Waals surface area (Å²) in [6, 6.07) is 15.2. The second-order valence-electron chi connectivity index (χ2n) is 3.97. The molecule has 3 rings (SSSR count). The second-order valence-corrected chi connectivity index (χ2v) is 3.97. The van der Waals surface area contributed by atoms with Gasteiger partial charge < -0.3 is 0 Å². The molecule has 0 aliphatic heterocycles. The number of aromatic nitrogens is 2. The molecule has 0 unspecified atom stereocenters. The van der Waals surface area contributed by atoms with Crippen LogP contribution >= 0.6 is 0 Å². The predicted octanol–water partition coefficient (Wildman–Crippen LogP) is 2.72. The molecule has 4 heteroatoms. The number of para-hydroxylation sites is 1. The number of fused-ring (bicyclic) bond motifs is 1. The minimum atomic E-state index is 0.636. The summed E-state index contributed by atoms with van der Waals surface area (Å²) in [6.45, 7) is 0. The van der Waals surface area contributed by atoms with Gasteiger partial charge in [0.25, 0.3) is 0 Å². The highest BCUT2D eigenvalue weighted by atomic mass is 16.1. The van der Waals surface area contributed by atoms with Gasteiger partial charge in [0, 0.05) is 10.9 Å². The van der Waals surface area contributed by atoms with E-state index in [-0.39, 0.29) is 0 Å². The molecule has 18 heavy (non-hydrogen) atoms. The van der Waals surface area contributed by atoms with E-state index in [4.69, 9.17) is 0 Å².